The highest BCUT2D eigenvalue weighted by Crippen LogP contribution is 2.50. The number of fused-ring (bicyclic) bond motifs is 1. The van der Waals surface area contributed by atoms with E-state index in [1.54, 1.807) is 30.0 Å². The van der Waals surface area contributed by atoms with E-state index in [2.05, 4.69) is 14.7 Å². The minimum atomic E-state index is -3.97. The molecular weight excluding hydrogens is 603 g/mol. The third-order valence-corrected chi connectivity index (χ3v) is 9.74. The molecule has 1 N–H and O–H groups in total. The number of carbonyl (C=O) groups excluding carboxylic acids is 1. The van der Waals surface area contributed by atoms with Gasteiger partial charge < -0.3 is 19.1 Å². The number of hydrogen-bond donors (Lipinski definition) is 1. The summed E-state index contributed by atoms with van der Waals surface area (Å²) in [5.41, 5.74) is -0.268. The van der Waals surface area contributed by atoms with Crippen molar-refractivity contribution < 1.29 is 31.8 Å². The fraction of sp³-hybridized carbons (Fsp3) is 0.484. The Labute approximate surface area is 262 Å². The second-order valence-electron chi connectivity index (χ2n) is 12.5. The lowest BCUT2D eigenvalue weighted by Crippen LogP contribution is -2.52. The summed E-state index contributed by atoms with van der Waals surface area (Å²) in [5.74, 6) is -0.727. The highest BCUT2D eigenvalue weighted by atomic mass is 32.2. The number of nitrogens with zero attached hydrogens (tertiary/aromatic N) is 5. The fourth-order valence-electron chi connectivity index (χ4n) is 5.57. The summed E-state index contributed by atoms with van der Waals surface area (Å²) in [5, 5.41) is 10.4. The summed E-state index contributed by atoms with van der Waals surface area (Å²) in [6, 6.07) is 8.89. The van der Waals surface area contributed by atoms with Gasteiger partial charge >= 0.3 is 16.3 Å². The zero-order chi connectivity index (χ0) is 32.6. The molecule has 2 aromatic carbocycles. The molecule has 0 unspecified atom stereocenters. The van der Waals surface area contributed by atoms with E-state index in [4.69, 9.17) is 14.2 Å². The summed E-state index contributed by atoms with van der Waals surface area (Å²) in [4.78, 5) is 22.9. The molecule has 1 spiro atoms. The number of ether oxygens (including phenoxy) is 3. The SMILES string of the molecule is CCN(C)S(=O)(=O)Nc1ccc(F)c(Oc2ccc3ncnc(OC4CC5(CCN(C(=O)OC(C)(C)C)CC5)C4)c3c2)c1C#N. The molecule has 0 atom stereocenters. The van der Waals surface area contributed by atoms with Gasteiger partial charge in [-0.05, 0) is 82.2 Å². The van der Waals surface area contributed by atoms with E-state index in [1.807, 2.05) is 26.8 Å². The van der Waals surface area contributed by atoms with E-state index in [1.165, 1.54) is 19.4 Å². The Bertz CT molecular complexity index is 1740. The molecule has 0 radical (unpaired) electrons. The number of carbonyl (C=O) groups is 1. The molecule has 45 heavy (non-hydrogen) atoms. The van der Waals surface area contributed by atoms with E-state index in [9.17, 15) is 22.9 Å². The number of anilines is 1. The van der Waals surface area contributed by atoms with Crippen molar-refractivity contribution in [2.45, 2.75) is 65.1 Å². The van der Waals surface area contributed by atoms with Crippen LogP contribution in [-0.4, -0.2) is 72.1 Å². The lowest BCUT2D eigenvalue weighted by atomic mass is 9.61. The first-order valence-corrected chi connectivity index (χ1v) is 16.2. The largest absolute Gasteiger partial charge is 0.474 e. The summed E-state index contributed by atoms with van der Waals surface area (Å²) in [6.45, 7) is 8.70. The standard InChI is InChI=1S/C31H37FN6O6S/c1-6-37(5)45(40,41)36-26-10-8-24(32)27(23(26)18-33)42-20-7-9-25-22(15-20)28(35-19-34-25)43-21-16-31(17-21)11-13-38(14-12-31)29(39)44-30(2,3)4/h7-10,15,19,21,36H,6,11-14,16-17H2,1-5H3. The van der Waals surface area contributed by atoms with Gasteiger partial charge in [0, 0.05) is 26.7 Å². The van der Waals surface area contributed by atoms with E-state index in [-0.39, 0.29) is 41.2 Å². The van der Waals surface area contributed by atoms with Crippen molar-refractivity contribution in [1.82, 2.24) is 19.2 Å². The Morgan fingerprint density at radius 2 is 1.91 bits per heavy atom. The van der Waals surface area contributed by atoms with Gasteiger partial charge in [-0.15, -0.1) is 0 Å². The van der Waals surface area contributed by atoms with Crippen molar-refractivity contribution in [1.29, 1.82) is 5.26 Å². The molecule has 1 aliphatic heterocycles. The Morgan fingerprint density at radius 3 is 2.56 bits per heavy atom. The first kappa shape index (κ1) is 32.2. The predicted octanol–water partition coefficient (Wildman–Crippen LogP) is 5.60. The summed E-state index contributed by atoms with van der Waals surface area (Å²) < 4.78 is 61.1. The topological polar surface area (TPSA) is 147 Å². The van der Waals surface area contributed by atoms with Gasteiger partial charge in [0.1, 0.15) is 35.4 Å². The molecule has 1 aliphatic carbocycles. The maximum absolute atomic E-state index is 15.0. The molecule has 1 saturated carbocycles. The minimum Gasteiger partial charge on any atom is -0.474 e. The van der Waals surface area contributed by atoms with Crippen LogP contribution in [0.1, 0.15) is 58.9 Å². The third kappa shape index (κ3) is 7.04. The van der Waals surface area contributed by atoms with E-state index < -0.39 is 27.4 Å². The lowest BCUT2D eigenvalue weighted by Gasteiger charge is -2.51. The van der Waals surface area contributed by atoms with Crippen molar-refractivity contribution >= 4 is 32.9 Å². The summed E-state index contributed by atoms with van der Waals surface area (Å²) in [6.07, 6.45) is 4.43. The van der Waals surface area contributed by atoms with Crippen molar-refractivity contribution in [2.24, 2.45) is 5.41 Å². The van der Waals surface area contributed by atoms with Crippen LogP contribution in [0.25, 0.3) is 10.9 Å². The van der Waals surface area contributed by atoms with Gasteiger partial charge in [0.15, 0.2) is 11.6 Å². The number of amides is 1. The zero-order valence-electron chi connectivity index (χ0n) is 26.0. The average molecular weight is 641 g/mol. The lowest BCUT2D eigenvalue weighted by molar-refractivity contribution is -0.0591. The Morgan fingerprint density at radius 1 is 1.20 bits per heavy atom. The van der Waals surface area contributed by atoms with Gasteiger partial charge in [0.05, 0.1) is 16.6 Å². The number of nitriles is 1. The maximum Gasteiger partial charge on any atom is 0.410 e. The highest BCUT2D eigenvalue weighted by molar-refractivity contribution is 7.90. The number of nitrogens with one attached hydrogen (secondary N) is 1. The molecule has 12 nitrogen and oxygen atoms in total. The van der Waals surface area contributed by atoms with Crippen molar-refractivity contribution in [3.05, 3.63) is 48.0 Å². The van der Waals surface area contributed by atoms with Crippen LogP contribution in [0, 0.1) is 22.6 Å². The van der Waals surface area contributed by atoms with Gasteiger partial charge in [-0.25, -0.2) is 19.2 Å². The molecular formula is C31H37FN6O6S. The molecule has 0 bridgehead atoms. The number of aromatic nitrogens is 2. The van der Waals surface area contributed by atoms with Gasteiger partial charge in [-0.2, -0.15) is 18.0 Å². The number of benzene rings is 2. The number of hydrogen-bond acceptors (Lipinski definition) is 9. The van der Waals surface area contributed by atoms with E-state index in [0.717, 1.165) is 36.1 Å². The minimum absolute atomic E-state index is 0.0747. The van der Waals surface area contributed by atoms with Crippen LogP contribution in [0.5, 0.6) is 17.4 Å². The number of likely N-dealkylation sites (tertiary alicyclic amines) is 1. The van der Waals surface area contributed by atoms with Gasteiger partial charge in [-0.3, -0.25) is 4.72 Å². The van der Waals surface area contributed by atoms with Crippen LogP contribution < -0.4 is 14.2 Å². The zero-order valence-corrected chi connectivity index (χ0v) is 26.8. The quantitative estimate of drug-likeness (QED) is 0.332. The van der Waals surface area contributed by atoms with E-state index >= 15 is 0 Å². The Hall–Kier alpha value is -4.22. The van der Waals surface area contributed by atoms with E-state index in [0.29, 0.717) is 29.9 Å². The van der Waals surface area contributed by atoms with Crippen LogP contribution in [0.4, 0.5) is 14.9 Å². The molecule has 1 saturated heterocycles. The van der Waals surface area contributed by atoms with Crippen LogP contribution in [0.2, 0.25) is 0 Å². The van der Waals surface area contributed by atoms with Crippen LogP contribution in [0.3, 0.4) is 0 Å². The van der Waals surface area contributed by atoms with Crippen molar-refractivity contribution in [3.63, 3.8) is 0 Å². The molecule has 3 aromatic rings. The smallest absolute Gasteiger partial charge is 0.410 e. The number of piperidine rings is 1. The summed E-state index contributed by atoms with van der Waals surface area (Å²) in [7, 11) is -2.59. The third-order valence-electron chi connectivity index (χ3n) is 8.18. The molecule has 14 heteroatoms. The van der Waals surface area contributed by atoms with Crippen LogP contribution >= 0.6 is 0 Å². The second kappa shape index (κ2) is 12.3. The monoisotopic (exact) mass is 640 g/mol. The van der Waals surface area contributed by atoms with Crippen molar-refractivity contribution in [3.8, 4) is 23.4 Å². The van der Waals surface area contributed by atoms with Gasteiger partial charge in [0.2, 0.25) is 5.88 Å². The predicted molar refractivity (Wildman–Crippen MR) is 165 cm³/mol. The molecule has 2 aliphatic rings. The average Bonchev–Trinajstić information content (AvgIpc) is 2.97. The van der Waals surface area contributed by atoms with Gasteiger partial charge in [0.25, 0.3) is 0 Å². The second-order valence-corrected chi connectivity index (χ2v) is 14.3. The molecule has 240 valence electrons. The fourth-order valence-corrected chi connectivity index (χ4v) is 6.52. The Balaban J connectivity index is 1.29. The van der Waals surface area contributed by atoms with Crippen LogP contribution in [-0.2, 0) is 14.9 Å². The molecule has 2 heterocycles. The Kier molecular flexibility index (Phi) is 8.79. The van der Waals surface area contributed by atoms with Crippen LogP contribution in [0.15, 0.2) is 36.7 Å². The molecule has 1 aromatic heterocycles. The number of rotatable bonds is 8. The molecule has 1 amide bonds. The first-order valence-electron chi connectivity index (χ1n) is 14.8. The highest BCUT2D eigenvalue weighted by Gasteiger charge is 2.48. The maximum atomic E-state index is 15.0. The van der Waals surface area contributed by atoms with Gasteiger partial charge in [-0.1, -0.05) is 6.92 Å². The first-order chi connectivity index (χ1) is 21.2. The molecule has 5 rings (SSSR count). The molecule has 2 fully saturated rings. The summed E-state index contributed by atoms with van der Waals surface area (Å²) >= 11 is 0. The van der Waals surface area contributed by atoms with Crippen molar-refractivity contribution in [2.75, 3.05) is 31.4 Å². The normalized spacial score (nSPS) is 16.7. The number of halogens is 1.